The molecule has 0 aliphatic heterocycles. The first-order valence-electron chi connectivity index (χ1n) is 15.3. The molecular weight excluding hydrogens is 546 g/mol. The van der Waals surface area contributed by atoms with Gasteiger partial charge in [0, 0.05) is 33.0 Å². The highest BCUT2D eigenvalue weighted by atomic mass is 15.0. The number of hydrogen-bond donors (Lipinski definition) is 0. The largest absolute Gasteiger partial charge is 0.309 e. The quantitative estimate of drug-likeness (QED) is 0.210. The molecule has 0 unspecified atom stereocenters. The van der Waals surface area contributed by atoms with Crippen molar-refractivity contribution in [2.45, 2.75) is 0 Å². The Hall–Kier alpha value is -6.06. The van der Waals surface area contributed by atoms with Gasteiger partial charge in [-0.2, -0.15) is 0 Å². The minimum Gasteiger partial charge on any atom is -0.309 e. The van der Waals surface area contributed by atoms with Crippen molar-refractivity contribution in [3.05, 3.63) is 164 Å². The fourth-order valence-electron chi connectivity index (χ4n) is 6.70. The van der Waals surface area contributed by atoms with Gasteiger partial charge in [0.15, 0.2) is 5.82 Å². The predicted molar refractivity (Wildman–Crippen MR) is 188 cm³/mol. The van der Waals surface area contributed by atoms with Crippen LogP contribution in [0.4, 0.5) is 0 Å². The zero-order valence-corrected chi connectivity index (χ0v) is 24.4. The number of nitrogens with zero attached hydrogens (tertiary/aromatic N) is 3. The Morgan fingerprint density at radius 3 is 1.96 bits per heavy atom. The lowest BCUT2D eigenvalue weighted by atomic mass is 9.99. The summed E-state index contributed by atoms with van der Waals surface area (Å²) in [5, 5.41) is 6.13. The maximum absolute atomic E-state index is 5.11. The summed E-state index contributed by atoms with van der Waals surface area (Å²) in [4.78, 5) is 10.0. The van der Waals surface area contributed by atoms with Gasteiger partial charge in [0.05, 0.1) is 22.2 Å². The summed E-state index contributed by atoms with van der Waals surface area (Å²) in [5.74, 6) is 0.732. The zero-order valence-electron chi connectivity index (χ0n) is 24.4. The lowest BCUT2D eigenvalue weighted by Crippen LogP contribution is -1.96. The summed E-state index contributed by atoms with van der Waals surface area (Å²) in [6.07, 6.45) is 0. The number of rotatable bonds is 4. The average molecular weight is 574 g/mol. The normalized spacial score (nSPS) is 11.6. The molecule has 0 aliphatic rings. The molecule has 2 aromatic heterocycles. The topological polar surface area (TPSA) is 30.7 Å². The molecule has 7 aromatic carbocycles. The first kappa shape index (κ1) is 25.4. The Morgan fingerprint density at radius 2 is 1.07 bits per heavy atom. The van der Waals surface area contributed by atoms with Crippen LogP contribution in [0.5, 0.6) is 0 Å². The van der Waals surface area contributed by atoms with Crippen molar-refractivity contribution in [3.8, 4) is 39.5 Å². The molecule has 2 heterocycles. The predicted octanol–water partition coefficient (Wildman–Crippen LogP) is 10.9. The average Bonchev–Trinajstić information content (AvgIpc) is 3.46. The van der Waals surface area contributed by atoms with E-state index in [-0.39, 0.29) is 0 Å². The van der Waals surface area contributed by atoms with Crippen molar-refractivity contribution < 1.29 is 0 Å². The van der Waals surface area contributed by atoms with E-state index in [4.69, 9.17) is 9.97 Å². The van der Waals surface area contributed by atoms with Crippen molar-refractivity contribution in [1.82, 2.24) is 14.5 Å². The number of fused-ring (bicyclic) bond motifs is 6. The van der Waals surface area contributed by atoms with E-state index in [0.717, 1.165) is 50.4 Å². The standard InChI is InChI=1S/C42H27N3/c1-2-13-29(14-3-1)42-43-37-22-8-6-20-35(37)41(44-42)32-17-10-15-30(26-32)31-16-11-18-33(27-31)45-38-23-9-7-21-36(38)40-34-19-5-4-12-28(34)24-25-39(40)45/h1-27H. The van der Waals surface area contributed by atoms with Gasteiger partial charge in [-0.15, -0.1) is 0 Å². The molecular formula is C42H27N3. The zero-order chi connectivity index (χ0) is 29.7. The van der Waals surface area contributed by atoms with E-state index in [9.17, 15) is 0 Å². The highest BCUT2D eigenvalue weighted by Crippen LogP contribution is 2.38. The molecule has 0 radical (unpaired) electrons. The van der Waals surface area contributed by atoms with Crippen molar-refractivity contribution >= 4 is 43.5 Å². The molecule has 0 spiro atoms. The van der Waals surface area contributed by atoms with Crippen LogP contribution in [0, 0.1) is 0 Å². The van der Waals surface area contributed by atoms with Crippen LogP contribution in [0.15, 0.2) is 164 Å². The van der Waals surface area contributed by atoms with E-state index in [1.54, 1.807) is 0 Å². The minimum atomic E-state index is 0.732. The van der Waals surface area contributed by atoms with Crippen LogP contribution in [0.3, 0.4) is 0 Å². The summed E-state index contributed by atoms with van der Waals surface area (Å²) in [7, 11) is 0. The molecule has 0 N–H and O–H groups in total. The number of hydrogen-bond acceptors (Lipinski definition) is 2. The van der Waals surface area contributed by atoms with Crippen LogP contribution >= 0.6 is 0 Å². The fourth-order valence-corrected chi connectivity index (χ4v) is 6.70. The van der Waals surface area contributed by atoms with Crippen molar-refractivity contribution in [2.75, 3.05) is 0 Å². The monoisotopic (exact) mass is 573 g/mol. The summed E-state index contributed by atoms with van der Waals surface area (Å²) in [6, 6.07) is 57.9. The molecule has 3 heteroatoms. The third-order valence-electron chi connectivity index (χ3n) is 8.77. The third-order valence-corrected chi connectivity index (χ3v) is 8.77. The molecule has 210 valence electrons. The van der Waals surface area contributed by atoms with E-state index in [0.29, 0.717) is 0 Å². The molecule has 3 nitrogen and oxygen atoms in total. The highest BCUT2D eigenvalue weighted by Gasteiger charge is 2.16. The SMILES string of the molecule is c1ccc(-c2nc(-c3cccc(-c4cccc(-n5c6ccccc6c6c7ccccc7ccc65)c4)c3)c3ccccc3n2)cc1. The maximum atomic E-state index is 5.11. The smallest absolute Gasteiger partial charge is 0.160 e. The van der Waals surface area contributed by atoms with Crippen molar-refractivity contribution in [2.24, 2.45) is 0 Å². The molecule has 45 heavy (non-hydrogen) atoms. The van der Waals surface area contributed by atoms with Gasteiger partial charge in [0.25, 0.3) is 0 Å². The van der Waals surface area contributed by atoms with Gasteiger partial charge >= 0.3 is 0 Å². The van der Waals surface area contributed by atoms with Crippen LogP contribution in [0.25, 0.3) is 82.9 Å². The first-order chi connectivity index (χ1) is 22.3. The number of aromatic nitrogens is 3. The van der Waals surface area contributed by atoms with Crippen LogP contribution < -0.4 is 0 Å². The van der Waals surface area contributed by atoms with Crippen molar-refractivity contribution in [1.29, 1.82) is 0 Å². The van der Waals surface area contributed by atoms with E-state index in [1.165, 1.54) is 32.6 Å². The van der Waals surface area contributed by atoms with Gasteiger partial charge in [-0.25, -0.2) is 9.97 Å². The van der Waals surface area contributed by atoms with Crippen LogP contribution in [0.2, 0.25) is 0 Å². The molecule has 0 fully saturated rings. The van der Waals surface area contributed by atoms with Gasteiger partial charge in [-0.05, 0) is 58.3 Å². The molecule has 0 aliphatic carbocycles. The maximum Gasteiger partial charge on any atom is 0.160 e. The second kappa shape index (κ2) is 10.3. The molecule has 0 saturated carbocycles. The summed E-state index contributed by atoms with van der Waals surface area (Å²) >= 11 is 0. The van der Waals surface area contributed by atoms with E-state index in [1.807, 2.05) is 24.3 Å². The number of para-hydroxylation sites is 2. The fraction of sp³-hybridized carbons (Fsp3) is 0. The molecule has 0 bridgehead atoms. The van der Waals surface area contributed by atoms with Gasteiger partial charge in [0.2, 0.25) is 0 Å². The van der Waals surface area contributed by atoms with E-state index < -0.39 is 0 Å². The lowest BCUT2D eigenvalue weighted by Gasteiger charge is -2.12. The second-order valence-electron chi connectivity index (χ2n) is 11.4. The van der Waals surface area contributed by atoms with Gasteiger partial charge in [-0.3, -0.25) is 0 Å². The van der Waals surface area contributed by atoms with Crippen LogP contribution in [-0.4, -0.2) is 14.5 Å². The first-order valence-corrected chi connectivity index (χ1v) is 15.3. The van der Waals surface area contributed by atoms with E-state index >= 15 is 0 Å². The number of benzene rings is 7. The molecule has 9 rings (SSSR count). The molecule has 9 aromatic rings. The van der Waals surface area contributed by atoms with Gasteiger partial charge in [0.1, 0.15) is 0 Å². The Labute approximate surface area is 260 Å². The summed E-state index contributed by atoms with van der Waals surface area (Å²) < 4.78 is 2.40. The summed E-state index contributed by atoms with van der Waals surface area (Å²) in [6.45, 7) is 0. The Bertz CT molecular complexity index is 2540. The Kier molecular flexibility index (Phi) is 5.82. The van der Waals surface area contributed by atoms with Crippen LogP contribution in [0.1, 0.15) is 0 Å². The molecule has 0 saturated heterocycles. The minimum absolute atomic E-state index is 0.732. The Morgan fingerprint density at radius 1 is 0.400 bits per heavy atom. The second-order valence-corrected chi connectivity index (χ2v) is 11.4. The van der Waals surface area contributed by atoms with Crippen molar-refractivity contribution in [3.63, 3.8) is 0 Å². The van der Waals surface area contributed by atoms with Gasteiger partial charge in [-0.1, -0.05) is 127 Å². The molecule has 0 amide bonds. The molecule has 0 atom stereocenters. The lowest BCUT2D eigenvalue weighted by molar-refractivity contribution is 1.18. The van der Waals surface area contributed by atoms with Gasteiger partial charge < -0.3 is 4.57 Å². The van der Waals surface area contributed by atoms with E-state index in [2.05, 4.69) is 144 Å². The highest BCUT2D eigenvalue weighted by molar-refractivity contribution is 6.21. The van der Waals surface area contributed by atoms with Crippen LogP contribution in [-0.2, 0) is 0 Å². The summed E-state index contributed by atoms with van der Waals surface area (Å²) in [5.41, 5.74) is 9.80. The Balaban J connectivity index is 1.21. The third kappa shape index (κ3) is 4.21.